The highest BCUT2D eigenvalue weighted by molar-refractivity contribution is 5.73. The number of carboxylic acid groups (broad SMARTS) is 1. The van der Waals surface area contributed by atoms with Gasteiger partial charge in [-0.1, -0.05) is 42.5 Å². The second-order valence-electron chi connectivity index (χ2n) is 9.78. The molecule has 0 saturated carbocycles. The maximum Gasteiger partial charge on any atom is 0.335 e. The van der Waals surface area contributed by atoms with Crippen LogP contribution in [0.2, 0.25) is 0 Å². The molecular weight excluding hydrogens is 466 g/mol. The number of carbonyl (C=O) groups is 1. The lowest BCUT2D eigenvalue weighted by Gasteiger charge is -2.38. The lowest BCUT2D eigenvalue weighted by molar-refractivity contribution is -0.271. The molecule has 2 aliphatic heterocycles. The van der Waals surface area contributed by atoms with Crippen LogP contribution in [0.1, 0.15) is 37.0 Å². The van der Waals surface area contributed by atoms with Gasteiger partial charge in [-0.2, -0.15) is 0 Å². The standard InChI is InChI=1S/C27H35NO8/c1-16(28-13-11-18(12-14-28)15-17-5-3-2-4-6-17)21(29)19-7-9-20(10-8-19)35-27-24(32)22(30)23(31)25(36-27)26(33)34/h2-10,16,18,21-25,27,29-32H,11-15H2,1H3,(H,33,34)/t16?,21?,22-,23-,24+,25-,27?/m0/s1. The highest BCUT2D eigenvalue weighted by Crippen LogP contribution is 2.29. The third-order valence-corrected chi connectivity index (χ3v) is 7.34. The Morgan fingerprint density at radius 3 is 2.25 bits per heavy atom. The van der Waals surface area contributed by atoms with Crippen molar-refractivity contribution in [2.24, 2.45) is 5.92 Å². The van der Waals surface area contributed by atoms with Crippen LogP contribution >= 0.6 is 0 Å². The number of hydrogen-bond acceptors (Lipinski definition) is 8. The molecule has 3 unspecified atom stereocenters. The van der Waals surface area contributed by atoms with Crippen LogP contribution < -0.4 is 4.74 Å². The van der Waals surface area contributed by atoms with Crippen LogP contribution in [0, 0.1) is 5.92 Å². The highest BCUT2D eigenvalue weighted by atomic mass is 16.7. The van der Waals surface area contributed by atoms with Crippen molar-refractivity contribution in [1.82, 2.24) is 4.90 Å². The summed E-state index contributed by atoms with van der Waals surface area (Å²) in [7, 11) is 0. The molecule has 2 aromatic rings. The quantitative estimate of drug-likeness (QED) is 0.362. The summed E-state index contributed by atoms with van der Waals surface area (Å²) in [6.07, 6.45) is -5.82. The predicted molar refractivity (Wildman–Crippen MR) is 130 cm³/mol. The van der Waals surface area contributed by atoms with Gasteiger partial charge in [0.25, 0.3) is 0 Å². The number of benzene rings is 2. The maximum absolute atomic E-state index is 11.3. The molecule has 0 spiro atoms. The van der Waals surface area contributed by atoms with Gasteiger partial charge in [0.2, 0.25) is 6.29 Å². The first-order valence-electron chi connectivity index (χ1n) is 12.4. The summed E-state index contributed by atoms with van der Waals surface area (Å²) in [5.74, 6) is -0.571. The lowest BCUT2D eigenvalue weighted by atomic mass is 9.89. The first-order valence-corrected chi connectivity index (χ1v) is 12.4. The molecule has 5 N–H and O–H groups in total. The minimum absolute atomic E-state index is 0.0779. The first kappa shape index (κ1) is 26.5. The van der Waals surface area contributed by atoms with Crippen LogP contribution in [-0.4, -0.2) is 86.2 Å². The Balaban J connectivity index is 1.31. The summed E-state index contributed by atoms with van der Waals surface area (Å²) in [5, 5.41) is 50.0. The van der Waals surface area contributed by atoms with Gasteiger partial charge >= 0.3 is 5.97 Å². The number of carboxylic acids is 1. The van der Waals surface area contributed by atoms with Crippen molar-refractivity contribution in [3.05, 3.63) is 65.7 Å². The van der Waals surface area contributed by atoms with E-state index in [4.69, 9.17) is 14.6 Å². The average Bonchev–Trinajstić information content (AvgIpc) is 2.89. The van der Waals surface area contributed by atoms with Crippen LogP contribution in [0.3, 0.4) is 0 Å². The fourth-order valence-corrected chi connectivity index (χ4v) is 5.02. The summed E-state index contributed by atoms with van der Waals surface area (Å²) < 4.78 is 10.7. The van der Waals surface area contributed by atoms with Crippen molar-refractivity contribution >= 4 is 5.97 Å². The summed E-state index contributed by atoms with van der Waals surface area (Å²) in [5.41, 5.74) is 2.06. The van der Waals surface area contributed by atoms with E-state index in [1.165, 1.54) is 5.56 Å². The largest absolute Gasteiger partial charge is 0.479 e. The zero-order valence-electron chi connectivity index (χ0n) is 20.3. The Hall–Kier alpha value is -2.53. The number of aliphatic hydroxyl groups excluding tert-OH is 4. The monoisotopic (exact) mass is 501 g/mol. The number of likely N-dealkylation sites (tertiary alicyclic amines) is 1. The van der Waals surface area contributed by atoms with Crippen molar-refractivity contribution in [2.45, 2.75) is 69.0 Å². The fraction of sp³-hybridized carbons (Fsp3) is 0.519. The van der Waals surface area contributed by atoms with Gasteiger partial charge in [0, 0.05) is 6.04 Å². The van der Waals surface area contributed by atoms with Crippen molar-refractivity contribution in [2.75, 3.05) is 13.1 Å². The molecule has 2 heterocycles. The minimum Gasteiger partial charge on any atom is -0.479 e. The fourth-order valence-electron chi connectivity index (χ4n) is 5.02. The van der Waals surface area contributed by atoms with E-state index in [9.17, 15) is 25.2 Å². The Labute approximate surface area is 210 Å². The topological polar surface area (TPSA) is 140 Å². The normalized spacial score (nSPS) is 29.4. The van der Waals surface area contributed by atoms with Gasteiger partial charge in [0.1, 0.15) is 24.1 Å². The molecule has 0 radical (unpaired) electrons. The molecule has 4 rings (SSSR count). The van der Waals surface area contributed by atoms with Crippen molar-refractivity contribution in [3.63, 3.8) is 0 Å². The van der Waals surface area contributed by atoms with E-state index < -0.39 is 42.8 Å². The van der Waals surface area contributed by atoms with E-state index >= 15 is 0 Å². The van der Waals surface area contributed by atoms with Gasteiger partial charge in [-0.25, -0.2) is 4.79 Å². The third kappa shape index (κ3) is 6.05. The van der Waals surface area contributed by atoms with Crippen LogP contribution in [0.5, 0.6) is 5.75 Å². The number of piperidine rings is 1. The highest BCUT2D eigenvalue weighted by Gasteiger charge is 2.48. The maximum atomic E-state index is 11.3. The van der Waals surface area contributed by atoms with Gasteiger partial charge in [0.15, 0.2) is 6.10 Å². The second-order valence-corrected chi connectivity index (χ2v) is 9.78. The SMILES string of the molecule is CC(C(O)c1ccc(OC2O[C@H](C(=O)O)[C@@H](O)[C@H](O)[C@H]2O)cc1)N1CCC(Cc2ccccc2)CC1. The van der Waals surface area contributed by atoms with Gasteiger partial charge in [0.05, 0.1) is 6.10 Å². The summed E-state index contributed by atoms with van der Waals surface area (Å²) in [6, 6.07) is 17.0. The Morgan fingerprint density at radius 1 is 1.00 bits per heavy atom. The number of rotatable bonds is 8. The lowest BCUT2D eigenvalue weighted by Crippen LogP contribution is -2.61. The van der Waals surface area contributed by atoms with E-state index in [0.717, 1.165) is 32.4 Å². The third-order valence-electron chi connectivity index (χ3n) is 7.34. The summed E-state index contributed by atoms with van der Waals surface area (Å²) in [6.45, 7) is 3.86. The molecule has 0 aromatic heterocycles. The molecule has 0 aliphatic carbocycles. The van der Waals surface area contributed by atoms with Crippen molar-refractivity contribution < 1.29 is 39.8 Å². The van der Waals surface area contributed by atoms with Crippen LogP contribution in [-0.2, 0) is 16.0 Å². The number of aliphatic carboxylic acids is 1. The zero-order chi connectivity index (χ0) is 25.8. The van der Waals surface area contributed by atoms with Gasteiger partial charge in [-0.05, 0) is 68.5 Å². The minimum atomic E-state index is -1.78. The summed E-state index contributed by atoms with van der Waals surface area (Å²) >= 11 is 0. The van der Waals surface area contributed by atoms with E-state index in [2.05, 4.69) is 29.2 Å². The molecular formula is C27H35NO8. The number of hydrogen-bond donors (Lipinski definition) is 5. The molecule has 0 bridgehead atoms. The molecule has 196 valence electrons. The van der Waals surface area contributed by atoms with E-state index in [1.807, 2.05) is 13.0 Å². The van der Waals surface area contributed by atoms with Crippen molar-refractivity contribution in [3.8, 4) is 5.75 Å². The van der Waals surface area contributed by atoms with Crippen LogP contribution in [0.4, 0.5) is 0 Å². The smallest absolute Gasteiger partial charge is 0.335 e. The average molecular weight is 502 g/mol. The van der Waals surface area contributed by atoms with E-state index in [0.29, 0.717) is 11.5 Å². The first-order chi connectivity index (χ1) is 17.2. The Morgan fingerprint density at radius 2 is 1.64 bits per heavy atom. The van der Waals surface area contributed by atoms with Crippen molar-refractivity contribution in [1.29, 1.82) is 0 Å². The Kier molecular flexibility index (Phi) is 8.61. The zero-order valence-corrected chi connectivity index (χ0v) is 20.3. The molecule has 9 heteroatoms. The molecule has 36 heavy (non-hydrogen) atoms. The molecule has 7 atom stereocenters. The molecule has 9 nitrogen and oxygen atoms in total. The van der Waals surface area contributed by atoms with Crippen LogP contribution in [0.25, 0.3) is 0 Å². The molecule has 0 amide bonds. The molecule has 2 aliphatic rings. The number of nitrogens with zero attached hydrogens (tertiary/aromatic N) is 1. The molecule has 2 saturated heterocycles. The number of aliphatic hydroxyl groups is 4. The van der Waals surface area contributed by atoms with Gasteiger partial charge in [-0.15, -0.1) is 0 Å². The second kappa shape index (κ2) is 11.7. The molecule has 2 aromatic carbocycles. The molecule has 2 fully saturated rings. The van der Waals surface area contributed by atoms with Crippen LogP contribution in [0.15, 0.2) is 54.6 Å². The predicted octanol–water partition coefficient (Wildman–Crippen LogP) is 1.33. The Bertz CT molecular complexity index is 979. The van der Waals surface area contributed by atoms with Gasteiger partial charge < -0.3 is 35.0 Å². The summed E-state index contributed by atoms with van der Waals surface area (Å²) in [4.78, 5) is 13.6. The number of ether oxygens (including phenoxy) is 2. The van der Waals surface area contributed by atoms with E-state index in [1.54, 1.807) is 24.3 Å². The van der Waals surface area contributed by atoms with E-state index in [-0.39, 0.29) is 11.8 Å². The van der Waals surface area contributed by atoms with Gasteiger partial charge in [-0.3, -0.25) is 4.90 Å².